The minimum absolute atomic E-state index is 0.247. The molecule has 1 amide bonds. The first-order chi connectivity index (χ1) is 11.2. The summed E-state index contributed by atoms with van der Waals surface area (Å²) in [6.45, 7) is 0.274. The Morgan fingerprint density at radius 3 is 2.61 bits per heavy atom. The molecule has 0 aliphatic carbocycles. The van der Waals surface area contributed by atoms with E-state index in [0.29, 0.717) is 11.4 Å². The van der Waals surface area contributed by atoms with Crippen molar-refractivity contribution in [3.63, 3.8) is 0 Å². The van der Waals surface area contributed by atoms with Crippen LogP contribution in [0, 0.1) is 5.82 Å². The number of nitrogens with one attached hydrogen (secondary N) is 1. The van der Waals surface area contributed by atoms with Gasteiger partial charge in [-0.2, -0.15) is 0 Å². The lowest BCUT2D eigenvalue weighted by molar-refractivity contribution is 0.0996. The van der Waals surface area contributed by atoms with Crippen LogP contribution >= 0.6 is 0 Å². The van der Waals surface area contributed by atoms with Crippen molar-refractivity contribution in [1.29, 1.82) is 0 Å². The van der Waals surface area contributed by atoms with Crippen LogP contribution in [0.25, 0.3) is 0 Å². The molecule has 0 saturated carbocycles. The fourth-order valence-corrected chi connectivity index (χ4v) is 2.03. The summed E-state index contributed by atoms with van der Waals surface area (Å²) in [5.41, 5.74) is 1.38. The molecule has 0 aliphatic heterocycles. The highest BCUT2D eigenvalue weighted by atomic mass is 19.1. The van der Waals surface area contributed by atoms with E-state index >= 15 is 0 Å². The first-order valence-electron chi connectivity index (χ1n) is 7.03. The Labute approximate surface area is 132 Å². The quantitative estimate of drug-likeness (QED) is 0.766. The van der Waals surface area contributed by atoms with E-state index < -0.39 is 0 Å². The molecule has 1 N–H and O–H groups in total. The molecule has 23 heavy (non-hydrogen) atoms. The van der Waals surface area contributed by atoms with Gasteiger partial charge in [0.2, 0.25) is 0 Å². The molecule has 0 spiro atoms. The van der Waals surface area contributed by atoms with E-state index in [9.17, 15) is 9.18 Å². The van der Waals surface area contributed by atoms with Crippen LogP contribution in [0.4, 0.5) is 10.1 Å². The molecule has 1 aromatic heterocycles. The lowest BCUT2D eigenvalue weighted by Crippen LogP contribution is -2.10. The monoisotopic (exact) mass is 311 g/mol. The topological polar surface area (TPSA) is 51.5 Å². The van der Waals surface area contributed by atoms with Gasteiger partial charge in [0.1, 0.15) is 18.2 Å². The molecule has 0 aliphatic rings. The molecule has 0 unspecified atom stereocenters. The lowest BCUT2D eigenvalue weighted by atomic mass is 10.2. The summed E-state index contributed by atoms with van der Waals surface area (Å²) in [4.78, 5) is 11.8. The largest absolute Gasteiger partial charge is 0.489 e. The fourth-order valence-electron chi connectivity index (χ4n) is 2.03. The van der Waals surface area contributed by atoms with Gasteiger partial charge in [-0.1, -0.05) is 12.1 Å². The summed E-state index contributed by atoms with van der Waals surface area (Å²) in [5, 5.41) is 2.71. The highest BCUT2D eigenvalue weighted by Gasteiger charge is 2.08. The minimum atomic E-state index is -0.316. The van der Waals surface area contributed by atoms with Crippen LogP contribution in [0.2, 0.25) is 0 Å². The maximum atomic E-state index is 13.1. The average Bonchev–Trinajstić information content (AvgIpc) is 3.09. The summed E-state index contributed by atoms with van der Waals surface area (Å²) in [7, 11) is 0. The Kier molecular flexibility index (Phi) is 4.38. The Morgan fingerprint density at radius 1 is 1.09 bits per heavy atom. The number of halogens is 1. The van der Waals surface area contributed by atoms with Crippen molar-refractivity contribution in [1.82, 2.24) is 0 Å². The van der Waals surface area contributed by atoms with Crippen molar-refractivity contribution < 1.29 is 18.3 Å². The smallest absolute Gasteiger partial charge is 0.291 e. The normalized spacial score (nSPS) is 10.3. The second-order valence-electron chi connectivity index (χ2n) is 4.87. The number of amides is 1. The minimum Gasteiger partial charge on any atom is -0.489 e. The van der Waals surface area contributed by atoms with Crippen LogP contribution in [0.5, 0.6) is 5.75 Å². The Bertz CT molecular complexity index is 782. The third kappa shape index (κ3) is 3.97. The zero-order valence-electron chi connectivity index (χ0n) is 12.2. The molecule has 4 nitrogen and oxygen atoms in total. The van der Waals surface area contributed by atoms with Crippen molar-refractivity contribution in [2.45, 2.75) is 6.61 Å². The first-order valence-corrected chi connectivity index (χ1v) is 7.03. The predicted molar refractivity (Wildman–Crippen MR) is 83.8 cm³/mol. The number of anilines is 1. The van der Waals surface area contributed by atoms with Crippen LogP contribution in [-0.2, 0) is 6.61 Å². The fraction of sp³-hybridized carbons (Fsp3) is 0.0556. The van der Waals surface area contributed by atoms with Gasteiger partial charge in [-0.15, -0.1) is 0 Å². The molecule has 1 heterocycles. The van der Waals surface area contributed by atoms with E-state index in [2.05, 4.69) is 5.32 Å². The highest BCUT2D eigenvalue weighted by Crippen LogP contribution is 2.18. The van der Waals surface area contributed by atoms with Crippen LogP contribution < -0.4 is 10.1 Å². The van der Waals surface area contributed by atoms with Gasteiger partial charge in [0.25, 0.3) is 5.91 Å². The van der Waals surface area contributed by atoms with Crippen molar-refractivity contribution in [2.75, 3.05) is 5.32 Å². The third-order valence-corrected chi connectivity index (χ3v) is 3.15. The number of ether oxygens (including phenoxy) is 1. The van der Waals surface area contributed by atoms with Gasteiger partial charge in [0, 0.05) is 5.69 Å². The van der Waals surface area contributed by atoms with Gasteiger partial charge in [0.05, 0.1) is 6.26 Å². The molecular formula is C18H14FNO3. The van der Waals surface area contributed by atoms with E-state index in [1.807, 2.05) is 0 Å². The average molecular weight is 311 g/mol. The number of hydrogen-bond donors (Lipinski definition) is 1. The summed E-state index contributed by atoms with van der Waals surface area (Å²) in [6.07, 6.45) is 1.44. The van der Waals surface area contributed by atoms with Crippen LogP contribution in [0.15, 0.2) is 71.3 Å². The van der Waals surface area contributed by atoms with Gasteiger partial charge in [-0.3, -0.25) is 4.79 Å². The number of rotatable bonds is 5. The van der Waals surface area contributed by atoms with E-state index in [0.717, 1.165) is 5.56 Å². The van der Waals surface area contributed by atoms with Crippen molar-refractivity contribution in [3.8, 4) is 5.75 Å². The van der Waals surface area contributed by atoms with Crippen molar-refractivity contribution >= 4 is 11.6 Å². The van der Waals surface area contributed by atoms with E-state index in [4.69, 9.17) is 9.15 Å². The predicted octanol–water partition coefficient (Wildman–Crippen LogP) is 4.25. The van der Waals surface area contributed by atoms with Gasteiger partial charge < -0.3 is 14.5 Å². The Hall–Kier alpha value is -3.08. The molecule has 3 aromatic rings. The molecule has 3 rings (SSSR count). The number of hydrogen-bond acceptors (Lipinski definition) is 3. The van der Waals surface area contributed by atoms with Gasteiger partial charge in [-0.25, -0.2) is 4.39 Å². The van der Waals surface area contributed by atoms with Crippen LogP contribution in [0.1, 0.15) is 16.1 Å². The zero-order chi connectivity index (χ0) is 16.1. The molecule has 0 bridgehead atoms. The van der Waals surface area contributed by atoms with Crippen molar-refractivity contribution in [3.05, 3.63) is 84.1 Å². The second kappa shape index (κ2) is 6.79. The van der Waals surface area contributed by atoms with Gasteiger partial charge in [0.15, 0.2) is 5.76 Å². The van der Waals surface area contributed by atoms with Crippen LogP contribution in [-0.4, -0.2) is 5.91 Å². The molecule has 2 aromatic carbocycles. The lowest BCUT2D eigenvalue weighted by Gasteiger charge is -2.08. The maximum Gasteiger partial charge on any atom is 0.291 e. The molecule has 0 saturated heterocycles. The second-order valence-corrected chi connectivity index (χ2v) is 4.87. The standard InChI is InChI=1S/C18H14FNO3/c19-14-4-1-3-13(11-14)12-23-16-8-6-15(7-9-16)20-18(21)17-5-2-10-22-17/h1-11H,12H2,(H,20,21). The van der Waals surface area contributed by atoms with Crippen molar-refractivity contribution in [2.24, 2.45) is 0 Å². The Balaban J connectivity index is 1.58. The van der Waals surface area contributed by atoms with Gasteiger partial charge >= 0.3 is 0 Å². The molecule has 0 fully saturated rings. The zero-order valence-corrected chi connectivity index (χ0v) is 12.2. The molecule has 0 radical (unpaired) electrons. The summed E-state index contributed by atoms with van der Waals surface area (Å²) in [5.74, 6) is 0.271. The summed E-state index contributed by atoms with van der Waals surface area (Å²) in [6, 6.07) is 16.4. The number of furan rings is 1. The van der Waals surface area contributed by atoms with E-state index in [1.165, 1.54) is 18.4 Å². The number of carbonyl (C=O) groups is 1. The maximum absolute atomic E-state index is 13.1. The number of carbonyl (C=O) groups excluding carboxylic acids is 1. The molecule has 116 valence electrons. The number of benzene rings is 2. The Morgan fingerprint density at radius 2 is 1.91 bits per heavy atom. The highest BCUT2D eigenvalue weighted by molar-refractivity contribution is 6.02. The van der Waals surface area contributed by atoms with Gasteiger partial charge in [-0.05, 0) is 54.1 Å². The van der Waals surface area contributed by atoms with E-state index in [1.54, 1.807) is 48.5 Å². The SMILES string of the molecule is O=C(Nc1ccc(OCc2cccc(F)c2)cc1)c1ccco1. The molecular weight excluding hydrogens is 297 g/mol. The molecule has 5 heteroatoms. The third-order valence-electron chi connectivity index (χ3n) is 3.15. The van der Waals surface area contributed by atoms with E-state index in [-0.39, 0.29) is 24.1 Å². The summed E-state index contributed by atoms with van der Waals surface area (Å²) < 4.78 is 23.7. The van der Waals surface area contributed by atoms with Crippen LogP contribution in [0.3, 0.4) is 0 Å². The first kappa shape index (κ1) is 14.8. The molecule has 0 atom stereocenters. The summed E-state index contributed by atoms with van der Waals surface area (Å²) >= 11 is 0.